The molecule has 0 fully saturated rings. The van der Waals surface area contributed by atoms with Crippen LogP contribution in [0, 0.1) is 0 Å². The number of benzene rings is 8. The molecule has 240 valence electrons. The van der Waals surface area contributed by atoms with E-state index in [-0.39, 0.29) is 0 Å². The first kappa shape index (κ1) is 27.9. The maximum atomic E-state index is 6.71. The van der Waals surface area contributed by atoms with Crippen LogP contribution in [0.4, 0.5) is 0 Å². The molecule has 1 spiro atoms. The summed E-state index contributed by atoms with van der Waals surface area (Å²) >= 11 is 0. The van der Waals surface area contributed by atoms with Crippen LogP contribution in [0.2, 0.25) is 0 Å². The molecular weight excluding hydrogens is 633 g/mol. The highest BCUT2D eigenvalue weighted by molar-refractivity contribution is 6.10. The van der Waals surface area contributed by atoms with Crippen LogP contribution in [0.15, 0.2) is 174 Å². The van der Waals surface area contributed by atoms with Gasteiger partial charge in [0.05, 0.1) is 16.6 Å². The number of fused-ring (bicyclic) bond motifs is 15. The van der Waals surface area contributed by atoms with Gasteiger partial charge in [0, 0.05) is 27.3 Å². The summed E-state index contributed by atoms with van der Waals surface area (Å²) in [5, 5.41) is 5.59. The number of aromatic nitrogens is 2. The minimum Gasteiger partial charge on any atom is -0.456 e. The third kappa shape index (κ3) is 3.59. The molecular formula is C49H28N2O. The number of para-hydroxylation sites is 1. The third-order valence-electron chi connectivity index (χ3n) is 11.5. The van der Waals surface area contributed by atoms with Crippen molar-refractivity contribution >= 4 is 43.6 Å². The normalized spacial score (nSPS) is 13.5. The zero-order valence-electron chi connectivity index (χ0n) is 28.0. The van der Waals surface area contributed by atoms with Crippen LogP contribution in [0.1, 0.15) is 22.3 Å². The van der Waals surface area contributed by atoms with E-state index in [2.05, 4.69) is 164 Å². The van der Waals surface area contributed by atoms with E-state index in [0.29, 0.717) is 5.82 Å². The lowest BCUT2D eigenvalue weighted by atomic mass is 9.70. The summed E-state index contributed by atoms with van der Waals surface area (Å²) in [4.78, 5) is 10.4. The summed E-state index contributed by atoms with van der Waals surface area (Å²) in [6.07, 6.45) is 0. The van der Waals surface area contributed by atoms with Gasteiger partial charge in [0.15, 0.2) is 5.82 Å². The van der Waals surface area contributed by atoms with Crippen molar-refractivity contribution in [3.05, 3.63) is 192 Å². The molecule has 0 bridgehead atoms. The minimum atomic E-state index is -0.407. The van der Waals surface area contributed by atoms with E-state index in [4.69, 9.17) is 14.4 Å². The minimum absolute atomic E-state index is 0.407. The van der Waals surface area contributed by atoms with Gasteiger partial charge in [-0.3, -0.25) is 0 Å². The Hall–Kier alpha value is -6.84. The Labute approximate surface area is 299 Å². The highest BCUT2D eigenvalue weighted by Gasteiger charge is 2.51. The summed E-state index contributed by atoms with van der Waals surface area (Å²) < 4.78 is 6.71. The van der Waals surface area contributed by atoms with Gasteiger partial charge in [0.1, 0.15) is 11.2 Å². The molecule has 52 heavy (non-hydrogen) atoms. The first-order valence-corrected chi connectivity index (χ1v) is 17.8. The summed E-state index contributed by atoms with van der Waals surface area (Å²) in [6.45, 7) is 0. The van der Waals surface area contributed by atoms with Gasteiger partial charge in [-0.05, 0) is 97.7 Å². The second-order valence-electron chi connectivity index (χ2n) is 14.1. The molecule has 0 N–H and O–H groups in total. The zero-order chi connectivity index (χ0) is 34.0. The van der Waals surface area contributed by atoms with Crippen LogP contribution in [-0.4, -0.2) is 9.97 Å². The van der Waals surface area contributed by atoms with E-state index >= 15 is 0 Å². The van der Waals surface area contributed by atoms with Gasteiger partial charge in [0.25, 0.3) is 0 Å². The summed E-state index contributed by atoms with van der Waals surface area (Å²) in [6, 6.07) is 61.1. The lowest BCUT2D eigenvalue weighted by molar-refractivity contribution is 0.666. The van der Waals surface area contributed by atoms with Crippen molar-refractivity contribution in [3.8, 4) is 44.9 Å². The second kappa shape index (κ2) is 10.1. The van der Waals surface area contributed by atoms with E-state index in [0.717, 1.165) is 49.7 Å². The first-order valence-electron chi connectivity index (χ1n) is 17.8. The van der Waals surface area contributed by atoms with Gasteiger partial charge in [-0.15, -0.1) is 0 Å². The van der Waals surface area contributed by atoms with Crippen molar-refractivity contribution in [1.82, 2.24) is 9.97 Å². The molecule has 3 heteroatoms. The molecule has 0 saturated carbocycles. The fourth-order valence-corrected chi connectivity index (χ4v) is 9.26. The molecule has 0 aliphatic heterocycles. The van der Waals surface area contributed by atoms with Crippen molar-refractivity contribution in [2.75, 3.05) is 0 Å². The molecule has 0 radical (unpaired) electrons. The largest absolute Gasteiger partial charge is 0.456 e. The molecule has 0 atom stereocenters. The van der Waals surface area contributed by atoms with E-state index < -0.39 is 5.41 Å². The van der Waals surface area contributed by atoms with Gasteiger partial charge < -0.3 is 4.42 Å². The van der Waals surface area contributed by atoms with Crippen molar-refractivity contribution in [3.63, 3.8) is 0 Å². The lowest BCUT2D eigenvalue weighted by Crippen LogP contribution is -2.25. The number of hydrogen-bond donors (Lipinski definition) is 0. The third-order valence-corrected chi connectivity index (χ3v) is 11.5. The number of hydrogen-bond acceptors (Lipinski definition) is 3. The molecule has 3 nitrogen and oxygen atoms in total. The summed E-state index contributed by atoms with van der Waals surface area (Å²) in [5.41, 5.74) is 15.6. The van der Waals surface area contributed by atoms with Gasteiger partial charge in [0.2, 0.25) is 0 Å². The molecule has 2 heterocycles. The fourth-order valence-electron chi connectivity index (χ4n) is 9.26. The second-order valence-corrected chi connectivity index (χ2v) is 14.1. The SMILES string of the molecule is c1ccc2c(c1)-c1ccccc1C21c2ccccc2-c2cc3c(cc21)oc1ccc(-c2nc(-c4ccc5ccccc5c4)c4ccccc4n2)cc13. The van der Waals surface area contributed by atoms with Crippen molar-refractivity contribution in [1.29, 1.82) is 0 Å². The quantitative estimate of drug-likeness (QED) is 0.185. The molecule has 0 saturated heterocycles. The molecule has 0 amide bonds. The molecule has 2 aliphatic carbocycles. The van der Waals surface area contributed by atoms with Gasteiger partial charge >= 0.3 is 0 Å². The maximum absolute atomic E-state index is 6.71. The van der Waals surface area contributed by atoms with Gasteiger partial charge in [-0.2, -0.15) is 0 Å². The summed E-state index contributed by atoms with van der Waals surface area (Å²) in [5.74, 6) is 0.697. The van der Waals surface area contributed by atoms with Gasteiger partial charge in [-0.1, -0.05) is 127 Å². The van der Waals surface area contributed by atoms with Crippen molar-refractivity contribution in [2.45, 2.75) is 5.41 Å². The highest BCUT2D eigenvalue weighted by atomic mass is 16.3. The van der Waals surface area contributed by atoms with E-state index in [1.54, 1.807) is 0 Å². The summed E-state index contributed by atoms with van der Waals surface area (Å²) in [7, 11) is 0. The highest BCUT2D eigenvalue weighted by Crippen LogP contribution is 2.63. The van der Waals surface area contributed by atoms with Crippen LogP contribution >= 0.6 is 0 Å². The van der Waals surface area contributed by atoms with Gasteiger partial charge in [-0.25, -0.2) is 9.97 Å². The molecule has 10 aromatic rings. The average Bonchev–Trinajstić information content (AvgIpc) is 3.82. The topological polar surface area (TPSA) is 38.9 Å². The number of rotatable bonds is 2. The average molecular weight is 661 g/mol. The number of nitrogens with zero attached hydrogens (tertiary/aromatic N) is 2. The molecule has 2 aliphatic rings. The lowest BCUT2D eigenvalue weighted by Gasteiger charge is -2.30. The Morgan fingerprint density at radius 3 is 1.77 bits per heavy atom. The molecule has 12 rings (SSSR count). The van der Waals surface area contributed by atoms with Crippen LogP contribution < -0.4 is 0 Å². The van der Waals surface area contributed by atoms with Crippen LogP contribution in [0.5, 0.6) is 0 Å². The van der Waals surface area contributed by atoms with Crippen molar-refractivity contribution < 1.29 is 4.42 Å². The predicted octanol–water partition coefficient (Wildman–Crippen LogP) is 12.4. The molecule has 2 aromatic heterocycles. The maximum Gasteiger partial charge on any atom is 0.160 e. The van der Waals surface area contributed by atoms with E-state index in [9.17, 15) is 0 Å². The molecule has 8 aromatic carbocycles. The Morgan fingerprint density at radius 2 is 1.00 bits per heavy atom. The molecule has 0 unspecified atom stereocenters. The smallest absolute Gasteiger partial charge is 0.160 e. The predicted molar refractivity (Wildman–Crippen MR) is 211 cm³/mol. The zero-order valence-corrected chi connectivity index (χ0v) is 28.0. The fraction of sp³-hybridized carbons (Fsp3) is 0.0204. The van der Waals surface area contributed by atoms with Crippen LogP contribution in [-0.2, 0) is 5.41 Å². The monoisotopic (exact) mass is 660 g/mol. The standard InChI is InChI=1S/C49H28N2O/c1-2-12-30-25-31(22-21-29(30)11-1)47-36-16-6-10-20-44(36)50-48(51-47)32-23-24-45-38(26-32)39-27-37-35-15-5-9-19-42(35)49(43(37)28-46(39)52-45)40-17-7-3-13-33(40)34-14-4-8-18-41(34)49/h1-28H. The van der Waals surface area contributed by atoms with Crippen LogP contribution in [0.3, 0.4) is 0 Å². The van der Waals surface area contributed by atoms with Crippen molar-refractivity contribution in [2.24, 2.45) is 0 Å². The Kier molecular flexibility index (Phi) is 5.43. The Bertz CT molecular complexity index is 3110. The van der Waals surface area contributed by atoms with Crippen LogP contribution in [0.25, 0.3) is 88.5 Å². The Balaban J connectivity index is 1.08. The van der Waals surface area contributed by atoms with E-state index in [1.165, 1.54) is 55.3 Å². The Morgan fingerprint density at radius 1 is 0.385 bits per heavy atom. The van der Waals surface area contributed by atoms with E-state index in [1.807, 2.05) is 6.07 Å². The number of furan rings is 1. The first-order chi connectivity index (χ1) is 25.8.